The summed E-state index contributed by atoms with van der Waals surface area (Å²) in [5.41, 5.74) is 3.20. The van der Waals surface area contributed by atoms with Crippen LogP contribution in [-0.2, 0) is 11.3 Å². The van der Waals surface area contributed by atoms with Crippen LogP contribution in [0.15, 0.2) is 36.4 Å². The van der Waals surface area contributed by atoms with E-state index in [1.54, 1.807) is 17.0 Å². The van der Waals surface area contributed by atoms with Gasteiger partial charge in [0.25, 0.3) is 0 Å². The van der Waals surface area contributed by atoms with Crippen LogP contribution in [0, 0.1) is 11.3 Å². The Kier molecular flexibility index (Phi) is 3.47. The average Bonchev–Trinajstić information content (AvgIpc) is 2.63. The summed E-state index contributed by atoms with van der Waals surface area (Å²) in [5, 5.41) is 12.0. The molecule has 0 radical (unpaired) electrons. The molecule has 24 heavy (non-hydrogen) atoms. The van der Waals surface area contributed by atoms with Crippen molar-refractivity contribution in [2.24, 2.45) is 0 Å². The van der Waals surface area contributed by atoms with E-state index in [1.807, 2.05) is 24.3 Å². The molecule has 6 heteroatoms. The number of nitrogens with one attached hydrogen (secondary N) is 1. The lowest BCUT2D eigenvalue weighted by molar-refractivity contribution is -0.117. The molecular formula is C18H15N3O3. The summed E-state index contributed by atoms with van der Waals surface area (Å²) in [6.45, 7) is 1.71. The maximum atomic E-state index is 12.4. The monoisotopic (exact) mass is 321 g/mol. The summed E-state index contributed by atoms with van der Waals surface area (Å²) < 4.78 is 11.2. The van der Waals surface area contributed by atoms with Gasteiger partial charge in [-0.2, -0.15) is 5.26 Å². The molecule has 0 aliphatic carbocycles. The Bertz CT molecular complexity index is 840. The summed E-state index contributed by atoms with van der Waals surface area (Å²) in [6, 6.07) is 13.1. The number of hydrogen-bond donors (Lipinski definition) is 1. The lowest BCUT2D eigenvalue weighted by Crippen LogP contribution is -2.39. The largest absolute Gasteiger partial charge is 0.486 e. The van der Waals surface area contributed by atoms with Gasteiger partial charge in [-0.25, -0.2) is 0 Å². The van der Waals surface area contributed by atoms with Gasteiger partial charge in [0, 0.05) is 12.1 Å². The Labute approximate surface area is 139 Å². The number of nitriles is 1. The quantitative estimate of drug-likeness (QED) is 0.918. The van der Waals surface area contributed by atoms with Gasteiger partial charge < -0.3 is 19.7 Å². The van der Waals surface area contributed by atoms with Gasteiger partial charge in [0.05, 0.1) is 36.1 Å². The van der Waals surface area contributed by atoms with Crippen LogP contribution in [0.2, 0.25) is 0 Å². The van der Waals surface area contributed by atoms with Crippen LogP contribution >= 0.6 is 0 Å². The number of fused-ring (bicyclic) bond motifs is 2. The molecule has 120 valence electrons. The summed E-state index contributed by atoms with van der Waals surface area (Å²) >= 11 is 0. The van der Waals surface area contributed by atoms with Crippen molar-refractivity contribution in [2.45, 2.75) is 6.54 Å². The van der Waals surface area contributed by atoms with Crippen molar-refractivity contribution in [3.05, 3.63) is 47.5 Å². The van der Waals surface area contributed by atoms with E-state index < -0.39 is 0 Å². The van der Waals surface area contributed by atoms with E-state index in [1.165, 1.54) is 0 Å². The van der Waals surface area contributed by atoms with E-state index in [0.29, 0.717) is 36.8 Å². The molecule has 4 rings (SSSR count). The first-order chi connectivity index (χ1) is 11.7. The molecule has 6 nitrogen and oxygen atoms in total. The van der Waals surface area contributed by atoms with E-state index >= 15 is 0 Å². The van der Waals surface area contributed by atoms with Crippen LogP contribution in [0.4, 0.5) is 11.4 Å². The van der Waals surface area contributed by atoms with Gasteiger partial charge in [-0.15, -0.1) is 0 Å². The first kappa shape index (κ1) is 14.4. The Morgan fingerprint density at radius 2 is 1.83 bits per heavy atom. The number of carbonyl (C=O) groups excluding carboxylic acids is 1. The summed E-state index contributed by atoms with van der Waals surface area (Å²) in [4.78, 5) is 14.1. The van der Waals surface area contributed by atoms with Crippen molar-refractivity contribution in [2.75, 3.05) is 30.0 Å². The predicted molar refractivity (Wildman–Crippen MR) is 88.3 cm³/mol. The van der Waals surface area contributed by atoms with Crippen molar-refractivity contribution >= 4 is 17.3 Å². The molecule has 0 bridgehead atoms. The van der Waals surface area contributed by atoms with Gasteiger partial charge in [-0.1, -0.05) is 12.1 Å². The molecule has 1 N–H and O–H groups in total. The Morgan fingerprint density at radius 3 is 2.54 bits per heavy atom. The molecule has 2 heterocycles. The molecule has 0 fully saturated rings. The highest BCUT2D eigenvalue weighted by Crippen LogP contribution is 2.41. The van der Waals surface area contributed by atoms with Crippen molar-refractivity contribution < 1.29 is 14.3 Å². The smallest absolute Gasteiger partial charge is 0.246 e. The van der Waals surface area contributed by atoms with E-state index in [0.717, 1.165) is 16.9 Å². The van der Waals surface area contributed by atoms with Gasteiger partial charge in [-0.05, 0) is 17.7 Å². The summed E-state index contributed by atoms with van der Waals surface area (Å²) in [6.07, 6.45) is 0. The number of hydrogen-bond acceptors (Lipinski definition) is 5. The Hall–Kier alpha value is -3.20. The van der Waals surface area contributed by atoms with Crippen LogP contribution in [0.5, 0.6) is 11.5 Å². The lowest BCUT2D eigenvalue weighted by Gasteiger charge is -2.32. The van der Waals surface area contributed by atoms with E-state index in [4.69, 9.17) is 14.7 Å². The molecule has 0 saturated heterocycles. The first-order valence-corrected chi connectivity index (χ1v) is 7.71. The average molecular weight is 321 g/mol. The van der Waals surface area contributed by atoms with E-state index in [9.17, 15) is 4.79 Å². The van der Waals surface area contributed by atoms with Crippen molar-refractivity contribution in [1.82, 2.24) is 0 Å². The van der Waals surface area contributed by atoms with Crippen molar-refractivity contribution in [3.8, 4) is 17.6 Å². The minimum absolute atomic E-state index is 0.0106. The predicted octanol–water partition coefficient (Wildman–Crippen LogP) is 2.29. The van der Waals surface area contributed by atoms with E-state index in [2.05, 4.69) is 11.4 Å². The normalized spacial score (nSPS) is 15.3. The van der Waals surface area contributed by atoms with Crippen LogP contribution in [0.3, 0.4) is 0 Å². The maximum Gasteiger partial charge on any atom is 0.246 e. The SMILES string of the molecule is N#Cc1ccc(CN2C(=O)CNc3cc4c(cc32)OCCO4)cc1. The van der Waals surface area contributed by atoms with Gasteiger partial charge in [0.1, 0.15) is 13.2 Å². The number of nitrogens with zero attached hydrogens (tertiary/aromatic N) is 2. The number of ether oxygens (including phenoxy) is 2. The summed E-state index contributed by atoms with van der Waals surface area (Å²) in [7, 11) is 0. The highest BCUT2D eigenvalue weighted by atomic mass is 16.6. The molecular weight excluding hydrogens is 306 g/mol. The lowest BCUT2D eigenvalue weighted by atomic mass is 10.1. The molecule has 0 atom stereocenters. The van der Waals surface area contributed by atoms with Crippen molar-refractivity contribution in [1.29, 1.82) is 5.26 Å². The molecule has 2 aliphatic rings. The molecule has 2 aromatic carbocycles. The second kappa shape index (κ2) is 5.78. The fraction of sp³-hybridized carbons (Fsp3) is 0.222. The Morgan fingerprint density at radius 1 is 1.12 bits per heavy atom. The van der Waals surface area contributed by atoms with E-state index in [-0.39, 0.29) is 12.5 Å². The number of rotatable bonds is 2. The highest BCUT2D eigenvalue weighted by Gasteiger charge is 2.27. The topological polar surface area (TPSA) is 74.6 Å². The maximum absolute atomic E-state index is 12.4. The van der Waals surface area contributed by atoms with Crippen LogP contribution in [-0.4, -0.2) is 25.7 Å². The zero-order valence-corrected chi connectivity index (χ0v) is 12.9. The van der Waals surface area contributed by atoms with Crippen molar-refractivity contribution in [3.63, 3.8) is 0 Å². The molecule has 0 aromatic heterocycles. The Balaban J connectivity index is 1.68. The molecule has 0 unspecified atom stereocenters. The fourth-order valence-electron chi connectivity index (χ4n) is 2.88. The minimum Gasteiger partial charge on any atom is -0.486 e. The van der Waals surface area contributed by atoms with Crippen LogP contribution in [0.25, 0.3) is 0 Å². The number of benzene rings is 2. The number of anilines is 2. The number of amides is 1. The van der Waals surface area contributed by atoms with Crippen LogP contribution < -0.4 is 19.7 Å². The third-order valence-electron chi connectivity index (χ3n) is 4.11. The third-order valence-corrected chi connectivity index (χ3v) is 4.11. The second-order valence-electron chi connectivity index (χ2n) is 5.66. The van der Waals surface area contributed by atoms with Crippen LogP contribution in [0.1, 0.15) is 11.1 Å². The standard InChI is InChI=1S/C18H15N3O3/c19-9-12-1-3-13(4-2-12)11-21-15-8-17-16(23-5-6-24-17)7-14(15)20-10-18(21)22/h1-4,7-8,20H,5-6,10-11H2. The second-order valence-corrected chi connectivity index (χ2v) is 5.66. The summed E-state index contributed by atoms with van der Waals surface area (Å²) in [5.74, 6) is 1.34. The minimum atomic E-state index is -0.0106. The molecule has 2 aliphatic heterocycles. The molecule has 2 aromatic rings. The fourth-order valence-corrected chi connectivity index (χ4v) is 2.88. The number of carbonyl (C=O) groups is 1. The zero-order valence-electron chi connectivity index (χ0n) is 12.9. The van der Waals surface area contributed by atoms with Gasteiger partial charge in [0.15, 0.2) is 11.5 Å². The van der Waals surface area contributed by atoms with Gasteiger partial charge >= 0.3 is 0 Å². The van der Waals surface area contributed by atoms with Gasteiger partial charge in [-0.3, -0.25) is 4.79 Å². The first-order valence-electron chi connectivity index (χ1n) is 7.71. The highest BCUT2D eigenvalue weighted by molar-refractivity contribution is 6.03. The molecule has 0 spiro atoms. The third kappa shape index (κ3) is 2.50. The zero-order chi connectivity index (χ0) is 16.5. The molecule has 1 amide bonds. The molecule has 0 saturated carbocycles. The van der Waals surface area contributed by atoms with Gasteiger partial charge in [0.2, 0.25) is 5.91 Å².